The third kappa shape index (κ3) is 4.72. The van der Waals surface area contributed by atoms with Crippen LogP contribution in [0.4, 0.5) is 0 Å². The summed E-state index contributed by atoms with van der Waals surface area (Å²) in [6.45, 7) is 0.826. The third-order valence-electron chi connectivity index (χ3n) is 3.55. The fraction of sp³-hybridized carbons (Fsp3) is 0.158. The van der Waals surface area contributed by atoms with Crippen LogP contribution in [0.25, 0.3) is 0 Å². The molecular weight excluding hydrogens is 336 g/mol. The highest BCUT2D eigenvalue weighted by atomic mass is 32.1. The number of hydrogen-bond donors (Lipinski definition) is 0. The van der Waals surface area contributed by atoms with Crippen molar-refractivity contribution in [3.63, 3.8) is 0 Å². The maximum Gasteiger partial charge on any atom is 0.261 e. The molecule has 0 atom stereocenters. The van der Waals surface area contributed by atoms with Crippen molar-refractivity contribution >= 4 is 17.2 Å². The number of benzene rings is 1. The van der Waals surface area contributed by atoms with Gasteiger partial charge in [-0.2, -0.15) is 5.26 Å². The lowest BCUT2D eigenvalue weighted by atomic mass is 10.2. The molecule has 0 aliphatic carbocycles. The summed E-state index contributed by atoms with van der Waals surface area (Å²) in [5.74, 6) is 1.15. The number of nitrogens with zero attached hydrogens (tertiary/aromatic N) is 2. The van der Waals surface area contributed by atoms with E-state index in [1.165, 1.54) is 0 Å². The van der Waals surface area contributed by atoms with Crippen molar-refractivity contribution in [2.75, 3.05) is 6.61 Å². The molecule has 5 nitrogen and oxygen atoms in total. The number of hydrogen-bond acceptors (Lipinski definition) is 5. The molecule has 3 aromatic rings. The Hall–Kier alpha value is -3.04. The van der Waals surface area contributed by atoms with Crippen LogP contribution >= 0.6 is 11.3 Å². The Morgan fingerprint density at radius 1 is 1.16 bits per heavy atom. The molecule has 1 aromatic carbocycles. The summed E-state index contributed by atoms with van der Waals surface area (Å²) >= 11 is 1.60. The van der Waals surface area contributed by atoms with Crippen LogP contribution in [-0.4, -0.2) is 17.4 Å². The van der Waals surface area contributed by atoms with Crippen molar-refractivity contribution in [1.29, 1.82) is 5.26 Å². The van der Waals surface area contributed by atoms with Gasteiger partial charge in [-0.3, -0.25) is 4.79 Å². The van der Waals surface area contributed by atoms with Gasteiger partial charge in [-0.05, 0) is 47.8 Å². The molecule has 1 amide bonds. The van der Waals surface area contributed by atoms with Crippen LogP contribution < -0.4 is 4.74 Å². The van der Waals surface area contributed by atoms with Crippen LogP contribution in [0.2, 0.25) is 0 Å². The predicted molar refractivity (Wildman–Crippen MR) is 93.9 cm³/mol. The zero-order chi connectivity index (χ0) is 17.5. The van der Waals surface area contributed by atoms with Gasteiger partial charge in [0.2, 0.25) is 0 Å². The van der Waals surface area contributed by atoms with Crippen molar-refractivity contribution in [3.8, 4) is 11.8 Å². The van der Waals surface area contributed by atoms with E-state index in [1.54, 1.807) is 52.8 Å². The zero-order valence-corrected chi connectivity index (χ0v) is 14.2. The quantitative estimate of drug-likeness (QED) is 0.648. The molecule has 25 heavy (non-hydrogen) atoms. The molecule has 2 heterocycles. The van der Waals surface area contributed by atoms with Gasteiger partial charge >= 0.3 is 0 Å². The van der Waals surface area contributed by atoms with E-state index in [1.807, 2.05) is 29.6 Å². The molecule has 0 unspecified atom stereocenters. The molecule has 0 spiro atoms. The second-order valence-corrected chi connectivity index (χ2v) is 6.37. The van der Waals surface area contributed by atoms with Gasteiger partial charge in [-0.1, -0.05) is 6.07 Å². The van der Waals surface area contributed by atoms with E-state index in [-0.39, 0.29) is 12.5 Å². The first-order valence-corrected chi connectivity index (χ1v) is 8.58. The van der Waals surface area contributed by atoms with Gasteiger partial charge in [0, 0.05) is 4.88 Å². The summed E-state index contributed by atoms with van der Waals surface area (Å²) in [5.41, 5.74) is 0.552. The van der Waals surface area contributed by atoms with Crippen LogP contribution in [0.3, 0.4) is 0 Å². The number of rotatable bonds is 7. The maximum atomic E-state index is 12.6. The Balaban J connectivity index is 1.64. The van der Waals surface area contributed by atoms with Gasteiger partial charge in [0.05, 0.1) is 31.0 Å². The monoisotopic (exact) mass is 352 g/mol. The Bertz CT molecular complexity index is 798. The van der Waals surface area contributed by atoms with Crippen molar-refractivity contribution in [3.05, 3.63) is 76.4 Å². The van der Waals surface area contributed by atoms with E-state index in [4.69, 9.17) is 14.4 Å². The summed E-state index contributed by atoms with van der Waals surface area (Å²) in [7, 11) is 0. The molecule has 3 rings (SSSR count). The van der Waals surface area contributed by atoms with Crippen molar-refractivity contribution in [2.45, 2.75) is 13.1 Å². The van der Waals surface area contributed by atoms with Crippen LogP contribution in [-0.2, 0) is 17.9 Å². The van der Waals surface area contributed by atoms with Crippen LogP contribution in [0.15, 0.2) is 64.6 Å². The topological polar surface area (TPSA) is 66.5 Å². The summed E-state index contributed by atoms with van der Waals surface area (Å²) in [6.07, 6.45) is 1.59. The van der Waals surface area contributed by atoms with Gasteiger partial charge in [-0.15, -0.1) is 11.3 Å². The Kier molecular flexibility index (Phi) is 5.50. The van der Waals surface area contributed by atoms with Crippen molar-refractivity contribution in [2.24, 2.45) is 0 Å². The summed E-state index contributed by atoms with van der Waals surface area (Å²) in [6, 6.07) is 16.3. The smallest absolute Gasteiger partial charge is 0.261 e. The highest BCUT2D eigenvalue weighted by molar-refractivity contribution is 7.09. The fourth-order valence-corrected chi connectivity index (χ4v) is 3.00. The molecule has 0 aliphatic rings. The Morgan fingerprint density at radius 2 is 2.00 bits per heavy atom. The summed E-state index contributed by atoms with van der Waals surface area (Å²) < 4.78 is 10.9. The van der Waals surface area contributed by atoms with Crippen LogP contribution in [0.1, 0.15) is 16.2 Å². The summed E-state index contributed by atoms with van der Waals surface area (Å²) in [5, 5.41) is 10.8. The molecule has 0 saturated heterocycles. The van der Waals surface area contributed by atoms with E-state index in [0.717, 1.165) is 10.6 Å². The first-order valence-electron chi connectivity index (χ1n) is 7.70. The standard InChI is InChI=1S/C19H16N2O3S/c20-11-15-5-7-16(8-6-15)24-14-19(22)21(12-17-3-1-9-23-17)13-18-4-2-10-25-18/h1-10H,12-14H2. The minimum atomic E-state index is -0.130. The molecule has 6 heteroatoms. The average molecular weight is 352 g/mol. The molecule has 0 radical (unpaired) electrons. The third-order valence-corrected chi connectivity index (χ3v) is 4.41. The van der Waals surface area contributed by atoms with Gasteiger partial charge < -0.3 is 14.1 Å². The molecule has 0 bridgehead atoms. The van der Waals surface area contributed by atoms with Crippen molar-refractivity contribution < 1.29 is 13.9 Å². The highest BCUT2D eigenvalue weighted by Gasteiger charge is 2.17. The van der Waals surface area contributed by atoms with Gasteiger partial charge in [0.15, 0.2) is 6.61 Å². The lowest BCUT2D eigenvalue weighted by molar-refractivity contribution is -0.134. The minimum absolute atomic E-state index is 0.0714. The fourth-order valence-electron chi connectivity index (χ4n) is 2.28. The molecule has 0 N–H and O–H groups in total. The maximum absolute atomic E-state index is 12.6. The number of thiophene rings is 1. The van der Waals surface area contributed by atoms with E-state index in [9.17, 15) is 4.79 Å². The molecule has 126 valence electrons. The second kappa shape index (κ2) is 8.18. The van der Waals surface area contributed by atoms with Gasteiger partial charge in [0.1, 0.15) is 11.5 Å². The normalized spacial score (nSPS) is 10.2. The number of amides is 1. The molecule has 0 saturated carbocycles. The predicted octanol–water partition coefficient (Wildman–Crippen LogP) is 3.82. The van der Waals surface area contributed by atoms with Gasteiger partial charge in [-0.25, -0.2) is 0 Å². The molecule has 0 fully saturated rings. The number of ether oxygens (including phenoxy) is 1. The largest absolute Gasteiger partial charge is 0.484 e. The second-order valence-electron chi connectivity index (χ2n) is 5.33. The Morgan fingerprint density at radius 3 is 2.64 bits per heavy atom. The van der Waals surface area contributed by atoms with E-state index in [0.29, 0.717) is 24.4 Å². The zero-order valence-electron chi connectivity index (χ0n) is 13.4. The number of carbonyl (C=O) groups excluding carboxylic acids is 1. The van der Waals surface area contributed by atoms with Crippen LogP contribution in [0, 0.1) is 11.3 Å². The first kappa shape index (κ1) is 16.8. The molecule has 0 aliphatic heterocycles. The first-order chi connectivity index (χ1) is 12.2. The minimum Gasteiger partial charge on any atom is -0.484 e. The SMILES string of the molecule is N#Cc1ccc(OCC(=O)N(Cc2ccco2)Cc2cccs2)cc1. The highest BCUT2D eigenvalue weighted by Crippen LogP contribution is 2.16. The average Bonchev–Trinajstić information content (AvgIpc) is 3.33. The van der Waals surface area contributed by atoms with Crippen molar-refractivity contribution in [1.82, 2.24) is 4.90 Å². The van der Waals surface area contributed by atoms with E-state index in [2.05, 4.69) is 0 Å². The molecule has 2 aromatic heterocycles. The van der Waals surface area contributed by atoms with E-state index >= 15 is 0 Å². The molecular formula is C19H16N2O3S. The van der Waals surface area contributed by atoms with Gasteiger partial charge in [0.25, 0.3) is 5.91 Å². The number of furan rings is 1. The lowest BCUT2D eigenvalue weighted by Crippen LogP contribution is -2.33. The summed E-state index contributed by atoms with van der Waals surface area (Å²) in [4.78, 5) is 15.4. The number of nitriles is 1. The van der Waals surface area contributed by atoms with Crippen LogP contribution in [0.5, 0.6) is 5.75 Å². The Labute approximate surface area is 149 Å². The van der Waals surface area contributed by atoms with E-state index < -0.39 is 0 Å². The number of carbonyl (C=O) groups is 1. The lowest BCUT2D eigenvalue weighted by Gasteiger charge is -2.21.